The molecule has 1 heterocycles. The van der Waals surface area contributed by atoms with Crippen molar-refractivity contribution in [2.24, 2.45) is 5.92 Å². The fourth-order valence-electron chi connectivity index (χ4n) is 5.22. The van der Waals surface area contributed by atoms with Gasteiger partial charge in [-0.3, -0.25) is 9.59 Å². The summed E-state index contributed by atoms with van der Waals surface area (Å²) in [7, 11) is 0. The number of hydrogen-bond donors (Lipinski definition) is 0. The maximum Gasteiger partial charge on any atom is 0.254 e. The topological polar surface area (TPSA) is 45.6 Å². The number of halogens is 2. The number of rotatable bonds is 11. The normalized spacial score (nSPS) is 14.0. The van der Waals surface area contributed by atoms with Gasteiger partial charge in [0.2, 0.25) is 5.91 Å². The van der Waals surface area contributed by atoms with E-state index in [1.807, 2.05) is 29.3 Å². The highest BCUT2D eigenvalue weighted by molar-refractivity contribution is 9.10. The highest BCUT2D eigenvalue weighted by Crippen LogP contribution is 2.25. The lowest BCUT2D eigenvalue weighted by Gasteiger charge is -2.36. The third-order valence-corrected chi connectivity index (χ3v) is 8.07. The van der Waals surface area contributed by atoms with Crippen molar-refractivity contribution in [2.45, 2.75) is 71.5 Å². The molecule has 0 unspecified atom stereocenters. The lowest BCUT2D eigenvalue weighted by atomic mass is 9.94. The zero-order chi connectivity index (χ0) is 27.8. The van der Waals surface area contributed by atoms with Crippen molar-refractivity contribution >= 4 is 27.7 Å². The third kappa shape index (κ3) is 8.28. The van der Waals surface area contributed by atoms with Gasteiger partial charge in [-0.2, -0.15) is 0 Å². The van der Waals surface area contributed by atoms with Gasteiger partial charge in [0.25, 0.3) is 5.91 Å². The average Bonchev–Trinajstić information content (AvgIpc) is 3.37. The quantitative estimate of drug-likeness (QED) is 0.234. The molecule has 0 N–H and O–H groups in total. The predicted octanol–water partition coefficient (Wildman–Crippen LogP) is 7.29. The first-order valence-corrected chi connectivity index (χ1v) is 14.8. The van der Waals surface area contributed by atoms with E-state index < -0.39 is 0 Å². The standard InChI is InChI=1S/C32H39BrFN3O2/c1-24(2)18-20-36(32(39)26-12-14-27(33)15-13-26)23-31(38)37(29-7-4-3-5-8-29)22-30-9-6-19-35(30)21-25-10-16-28(34)17-11-25/h6,9-17,19,24,29H,3-5,7-8,18,20-23H2,1-2H3. The second kappa shape index (κ2) is 13.9. The van der Waals surface area contributed by atoms with Crippen LogP contribution in [0.1, 0.15) is 74.0 Å². The maximum absolute atomic E-state index is 14.0. The molecule has 1 saturated carbocycles. The minimum absolute atomic E-state index is 0.00866. The molecule has 0 bridgehead atoms. The van der Waals surface area contributed by atoms with E-state index in [1.54, 1.807) is 29.2 Å². The fraction of sp³-hybridized carbons (Fsp3) is 0.438. The van der Waals surface area contributed by atoms with Gasteiger partial charge in [0.1, 0.15) is 12.4 Å². The van der Waals surface area contributed by atoms with Gasteiger partial charge in [-0.05, 0) is 79.3 Å². The van der Waals surface area contributed by atoms with Crippen LogP contribution in [-0.4, -0.2) is 45.3 Å². The Balaban J connectivity index is 1.55. The van der Waals surface area contributed by atoms with E-state index in [0.29, 0.717) is 31.1 Å². The van der Waals surface area contributed by atoms with Crippen LogP contribution in [-0.2, 0) is 17.9 Å². The summed E-state index contributed by atoms with van der Waals surface area (Å²) in [5, 5.41) is 0. The molecule has 7 heteroatoms. The molecule has 0 spiro atoms. The monoisotopic (exact) mass is 595 g/mol. The number of nitrogens with zero attached hydrogens (tertiary/aromatic N) is 3. The molecule has 1 aliphatic rings. The van der Waals surface area contributed by atoms with Crippen molar-refractivity contribution in [1.29, 1.82) is 0 Å². The molecule has 3 aromatic rings. The molecule has 1 fully saturated rings. The lowest BCUT2D eigenvalue weighted by Crippen LogP contribution is -2.48. The van der Waals surface area contributed by atoms with Crippen LogP contribution in [0.2, 0.25) is 0 Å². The Morgan fingerprint density at radius 2 is 1.69 bits per heavy atom. The first kappa shape index (κ1) is 29.1. The third-order valence-electron chi connectivity index (χ3n) is 7.54. The van der Waals surface area contributed by atoms with Gasteiger partial charge in [0, 0.05) is 41.1 Å². The van der Waals surface area contributed by atoms with Crippen molar-refractivity contribution in [2.75, 3.05) is 13.1 Å². The Bertz CT molecular complexity index is 1220. The molecule has 2 aromatic carbocycles. The summed E-state index contributed by atoms with van der Waals surface area (Å²) in [6.45, 7) is 5.97. The average molecular weight is 597 g/mol. The summed E-state index contributed by atoms with van der Waals surface area (Å²) in [6.07, 6.45) is 8.23. The van der Waals surface area contributed by atoms with Crippen LogP contribution in [0.3, 0.4) is 0 Å². The molecule has 1 aromatic heterocycles. The molecule has 4 rings (SSSR count). The molecule has 0 aliphatic heterocycles. The number of aromatic nitrogens is 1. The van der Waals surface area contributed by atoms with Crippen LogP contribution >= 0.6 is 15.9 Å². The molecule has 5 nitrogen and oxygen atoms in total. The Hall–Kier alpha value is -2.93. The van der Waals surface area contributed by atoms with Crippen LogP contribution in [0.4, 0.5) is 4.39 Å². The minimum atomic E-state index is -0.250. The Kier molecular flexibility index (Phi) is 10.4. The number of carbonyl (C=O) groups is 2. The van der Waals surface area contributed by atoms with Crippen molar-refractivity contribution in [3.05, 3.63) is 94.0 Å². The number of amides is 2. The van der Waals surface area contributed by atoms with E-state index >= 15 is 0 Å². The van der Waals surface area contributed by atoms with Crippen LogP contribution in [0.15, 0.2) is 71.3 Å². The molecule has 2 amide bonds. The van der Waals surface area contributed by atoms with Gasteiger partial charge < -0.3 is 14.4 Å². The number of carbonyl (C=O) groups excluding carboxylic acids is 2. The fourth-order valence-corrected chi connectivity index (χ4v) is 5.48. The van der Waals surface area contributed by atoms with Crippen LogP contribution in [0, 0.1) is 11.7 Å². The molecule has 0 atom stereocenters. The summed E-state index contributed by atoms with van der Waals surface area (Å²) >= 11 is 3.44. The summed E-state index contributed by atoms with van der Waals surface area (Å²) in [6, 6.07) is 18.1. The summed E-state index contributed by atoms with van der Waals surface area (Å²) in [5.74, 6) is 0.0511. The molecule has 0 saturated heterocycles. The van der Waals surface area contributed by atoms with Crippen molar-refractivity contribution in [3.63, 3.8) is 0 Å². The number of benzene rings is 2. The van der Waals surface area contributed by atoms with Gasteiger partial charge in [-0.15, -0.1) is 0 Å². The van der Waals surface area contributed by atoms with Gasteiger partial charge in [-0.25, -0.2) is 4.39 Å². The zero-order valence-corrected chi connectivity index (χ0v) is 24.6. The molecular weight excluding hydrogens is 557 g/mol. The first-order valence-electron chi connectivity index (χ1n) is 14.0. The van der Waals surface area contributed by atoms with Gasteiger partial charge >= 0.3 is 0 Å². The molecule has 39 heavy (non-hydrogen) atoms. The SMILES string of the molecule is CC(C)CCN(CC(=O)N(Cc1cccn1Cc1ccc(F)cc1)C1CCCCC1)C(=O)c1ccc(Br)cc1. The van der Waals surface area contributed by atoms with Crippen molar-refractivity contribution in [1.82, 2.24) is 14.4 Å². The van der Waals surface area contributed by atoms with E-state index in [-0.39, 0.29) is 30.2 Å². The van der Waals surface area contributed by atoms with Gasteiger partial charge in [0.15, 0.2) is 0 Å². The van der Waals surface area contributed by atoms with Crippen molar-refractivity contribution in [3.8, 4) is 0 Å². The first-order chi connectivity index (χ1) is 18.8. The Morgan fingerprint density at radius 1 is 1.00 bits per heavy atom. The summed E-state index contributed by atoms with van der Waals surface area (Å²) in [5.41, 5.74) is 2.63. The molecule has 208 valence electrons. The highest BCUT2D eigenvalue weighted by Gasteiger charge is 2.29. The largest absolute Gasteiger partial charge is 0.345 e. The smallest absolute Gasteiger partial charge is 0.254 e. The van der Waals surface area contributed by atoms with Gasteiger partial charge in [-0.1, -0.05) is 61.2 Å². The minimum Gasteiger partial charge on any atom is -0.345 e. The van der Waals surface area contributed by atoms with Gasteiger partial charge in [0.05, 0.1) is 6.54 Å². The summed E-state index contributed by atoms with van der Waals surface area (Å²) < 4.78 is 16.5. The second-order valence-corrected chi connectivity index (χ2v) is 11.9. The lowest BCUT2D eigenvalue weighted by molar-refractivity contribution is -0.135. The Labute approximate surface area is 240 Å². The van der Waals surface area contributed by atoms with E-state index in [2.05, 4.69) is 40.4 Å². The van der Waals surface area contributed by atoms with Crippen LogP contribution in [0.5, 0.6) is 0 Å². The highest BCUT2D eigenvalue weighted by atomic mass is 79.9. The van der Waals surface area contributed by atoms with E-state index in [9.17, 15) is 14.0 Å². The second-order valence-electron chi connectivity index (χ2n) is 11.0. The zero-order valence-electron chi connectivity index (χ0n) is 23.0. The maximum atomic E-state index is 14.0. The summed E-state index contributed by atoms with van der Waals surface area (Å²) in [4.78, 5) is 31.2. The molecule has 0 radical (unpaired) electrons. The van der Waals surface area contributed by atoms with E-state index in [4.69, 9.17) is 0 Å². The van der Waals surface area contributed by atoms with E-state index in [1.165, 1.54) is 18.6 Å². The number of hydrogen-bond acceptors (Lipinski definition) is 2. The Morgan fingerprint density at radius 3 is 2.36 bits per heavy atom. The van der Waals surface area contributed by atoms with Crippen molar-refractivity contribution < 1.29 is 14.0 Å². The van der Waals surface area contributed by atoms with Crippen LogP contribution < -0.4 is 0 Å². The molecule has 1 aliphatic carbocycles. The van der Waals surface area contributed by atoms with E-state index in [0.717, 1.165) is 47.8 Å². The van der Waals surface area contributed by atoms with Crippen LogP contribution in [0.25, 0.3) is 0 Å². The molecular formula is C32H39BrFN3O2. The predicted molar refractivity (Wildman–Crippen MR) is 157 cm³/mol.